The van der Waals surface area contributed by atoms with Gasteiger partial charge >= 0.3 is 7.12 Å². The molecule has 2 aliphatic heterocycles. The van der Waals surface area contributed by atoms with Crippen LogP contribution >= 0.6 is 0 Å². The fourth-order valence-electron chi connectivity index (χ4n) is 1.83. The van der Waals surface area contributed by atoms with E-state index in [0.29, 0.717) is 24.5 Å². The highest BCUT2D eigenvalue weighted by molar-refractivity contribution is 6.64. The minimum atomic E-state index is -0.446. The number of hydrogen-bond acceptors (Lipinski definition) is 3. The molecule has 0 unspecified atom stereocenters. The maximum Gasteiger partial charge on any atom is 0.498 e. The lowest BCUT2D eigenvalue weighted by Gasteiger charge is -2.06. The van der Waals surface area contributed by atoms with Crippen LogP contribution in [0.4, 0.5) is 4.39 Å². The van der Waals surface area contributed by atoms with Crippen molar-refractivity contribution in [3.63, 3.8) is 0 Å². The van der Waals surface area contributed by atoms with Crippen molar-refractivity contribution in [3.05, 3.63) is 23.5 Å². The molecule has 0 aliphatic carbocycles. The van der Waals surface area contributed by atoms with Gasteiger partial charge in [-0.2, -0.15) is 0 Å². The zero-order valence-electron chi connectivity index (χ0n) is 7.46. The lowest BCUT2D eigenvalue weighted by atomic mass is 9.78. The number of benzene rings is 1. The van der Waals surface area contributed by atoms with Crippen LogP contribution in [-0.2, 0) is 15.9 Å². The van der Waals surface area contributed by atoms with Gasteiger partial charge in [0, 0.05) is 11.0 Å². The lowest BCUT2D eigenvalue weighted by Crippen LogP contribution is -2.31. The van der Waals surface area contributed by atoms with Crippen molar-refractivity contribution in [2.24, 2.45) is 0 Å². The smallest absolute Gasteiger partial charge is 0.492 e. The van der Waals surface area contributed by atoms with Crippen LogP contribution < -0.4 is 10.2 Å². The van der Waals surface area contributed by atoms with Gasteiger partial charge in [-0.05, 0) is 12.1 Å². The molecule has 0 radical (unpaired) electrons. The molecule has 2 aliphatic rings. The Hall–Kier alpha value is -1.07. The van der Waals surface area contributed by atoms with Crippen molar-refractivity contribution in [1.29, 1.82) is 0 Å². The highest BCUT2D eigenvalue weighted by Gasteiger charge is 2.37. The molecule has 0 amide bonds. The van der Waals surface area contributed by atoms with E-state index in [9.17, 15) is 4.39 Å². The quantitative estimate of drug-likeness (QED) is 0.561. The van der Waals surface area contributed by atoms with Gasteiger partial charge < -0.3 is 14.0 Å². The molecule has 0 spiro atoms. The first-order valence-corrected chi connectivity index (χ1v) is 4.53. The average molecular weight is 194 g/mol. The molecule has 0 fully saturated rings. The molecule has 1 aromatic carbocycles. The molecular weight excluding hydrogens is 186 g/mol. The van der Waals surface area contributed by atoms with Gasteiger partial charge in [0.2, 0.25) is 0 Å². The van der Waals surface area contributed by atoms with Gasteiger partial charge in [0.05, 0.1) is 13.2 Å². The van der Waals surface area contributed by atoms with E-state index >= 15 is 0 Å². The van der Waals surface area contributed by atoms with Gasteiger partial charge in [-0.1, -0.05) is 0 Å². The molecule has 72 valence electrons. The largest absolute Gasteiger partial charge is 0.498 e. The summed E-state index contributed by atoms with van der Waals surface area (Å²) in [4.78, 5) is 0. The van der Waals surface area contributed by atoms with E-state index in [1.54, 1.807) is 6.07 Å². The van der Waals surface area contributed by atoms with E-state index in [2.05, 4.69) is 0 Å². The molecule has 3 nitrogen and oxygen atoms in total. The molecule has 0 saturated carbocycles. The van der Waals surface area contributed by atoms with E-state index in [0.717, 1.165) is 5.46 Å². The first kappa shape index (κ1) is 8.26. The highest BCUT2D eigenvalue weighted by Crippen LogP contribution is 2.23. The SMILES string of the molecule is Fc1ccc2c3c1COB3OCCO2. The number of ether oxygens (including phenoxy) is 1. The second-order valence-electron chi connectivity index (χ2n) is 3.30. The highest BCUT2D eigenvalue weighted by atomic mass is 19.1. The number of hydrogen-bond donors (Lipinski definition) is 0. The molecule has 2 heterocycles. The van der Waals surface area contributed by atoms with Gasteiger partial charge in [-0.25, -0.2) is 4.39 Å². The predicted molar refractivity (Wildman–Crippen MR) is 48.0 cm³/mol. The third-order valence-corrected chi connectivity index (χ3v) is 2.48. The molecule has 1 aromatic rings. The summed E-state index contributed by atoms with van der Waals surface area (Å²) in [6, 6.07) is 3.04. The van der Waals surface area contributed by atoms with E-state index in [-0.39, 0.29) is 12.4 Å². The Morgan fingerprint density at radius 2 is 2.14 bits per heavy atom. The molecule has 0 saturated heterocycles. The van der Waals surface area contributed by atoms with Crippen LogP contribution in [0, 0.1) is 5.82 Å². The van der Waals surface area contributed by atoms with Crippen molar-refractivity contribution < 1.29 is 18.4 Å². The van der Waals surface area contributed by atoms with Crippen LogP contribution in [0.15, 0.2) is 12.1 Å². The van der Waals surface area contributed by atoms with Gasteiger partial charge in [-0.3, -0.25) is 0 Å². The third kappa shape index (κ3) is 1.06. The number of halogens is 1. The Bertz CT molecular complexity index is 383. The zero-order valence-corrected chi connectivity index (χ0v) is 7.46. The molecule has 5 heteroatoms. The monoisotopic (exact) mass is 194 g/mol. The van der Waals surface area contributed by atoms with E-state index in [4.69, 9.17) is 14.0 Å². The van der Waals surface area contributed by atoms with Crippen LogP contribution in [0.25, 0.3) is 0 Å². The minimum absolute atomic E-state index is 0.250. The topological polar surface area (TPSA) is 27.7 Å². The zero-order chi connectivity index (χ0) is 9.54. The van der Waals surface area contributed by atoms with E-state index in [1.807, 2.05) is 0 Å². The van der Waals surface area contributed by atoms with Gasteiger partial charge in [0.25, 0.3) is 0 Å². The van der Waals surface area contributed by atoms with Crippen LogP contribution in [-0.4, -0.2) is 20.3 Å². The first-order chi connectivity index (χ1) is 6.86. The summed E-state index contributed by atoms with van der Waals surface area (Å²) in [5.74, 6) is 0.432. The predicted octanol–water partition coefficient (Wildman–Crippen LogP) is 0.460. The van der Waals surface area contributed by atoms with Crippen molar-refractivity contribution in [2.45, 2.75) is 6.61 Å². The molecular formula is C9H8BFO3. The Balaban J connectivity index is 2.20. The Morgan fingerprint density at radius 3 is 3.07 bits per heavy atom. The summed E-state index contributed by atoms with van der Waals surface area (Å²) in [7, 11) is -0.446. The summed E-state index contributed by atoms with van der Waals surface area (Å²) in [5, 5.41) is 0. The fourth-order valence-corrected chi connectivity index (χ4v) is 1.83. The van der Waals surface area contributed by atoms with E-state index in [1.165, 1.54) is 6.07 Å². The molecule has 0 bridgehead atoms. The van der Waals surface area contributed by atoms with Crippen molar-refractivity contribution in [3.8, 4) is 5.75 Å². The standard InChI is InChI=1S/C9H8BFO3/c11-7-1-2-8-9-6(7)5-14-10(9)13-4-3-12-8/h1-2H,3-5H2. The van der Waals surface area contributed by atoms with E-state index < -0.39 is 7.12 Å². The maximum absolute atomic E-state index is 13.3. The Kier molecular flexibility index (Phi) is 1.75. The minimum Gasteiger partial charge on any atom is -0.492 e. The fraction of sp³-hybridized carbons (Fsp3) is 0.333. The van der Waals surface area contributed by atoms with Gasteiger partial charge in [0.15, 0.2) is 0 Å². The number of rotatable bonds is 0. The van der Waals surface area contributed by atoms with Crippen LogP contribution in [0.5, 0.6) is 5.75 Å². The van der Waals surface area contributed by atoms with Crippen LogP contribution in [0.1, 0.15) is 5.56 Å². The second-order valence-corrected chi connectivity index (χ2v) is 3.30. The maximum atomic E-state index is 13.3. The van der Waals surface area contributed by atoms with Crippen molar-refractivity contribution in [2.75, 3.05) is 13.2 Å². The lowest BCUT2D eigenvalue weighted by molar-refractivity contribution is 0.178. The molecule has 3 rings (SSSR count). The van der Waals surface area contributed by atoms with Crippen LogP contribution in [0.2, 0.25) is 0 Å². The third-order valence-electron chi connectivity index (χ3n) is 2.48. The Labute approximate surface area is 80.9 Å². The Morgan fingerprint density at radius 1 is 1.21 bits per heavy atom. The van der Waals surface area contributed by atoms with Crippen LogP contribution in [0.3, 0.4) is 0 Å². The van der Waals surface area contributed by atoms with Gasteiger partial charge in [-0.15, -0.1) is 0 Å². The summed E-state index contributed by atoms with van der Waals surface area (Å²) in [6.07, 6.45) is 0. The molecule has 14 heavy (non-hydrogen) atoms. The van der Waals surface area contributed by atoms with Gasteiger partial charge in [0.1, 0.15) is 18.2 Å². The van der Waals surface area contributed by atoms with Crippen molar-refractivity contribution in [1.82, 2.24) is 0 Å². The summed E-state index contributed by atoms with van der Waals surface area (Å²) < 4.78 is 29.5. The molecule has 0 aromatic heterocycles. The average Bonchev–Trinajstić information content (AvgIpc) is 2.51. The molecule has 0 N–H and O–H groups in total. The first-order valence-electron chi connectivity index (χ1n) is 4.53. The summed E-state index contributed by atoms with van der Waals surface area (Å²) in [6.45, 7) is 1.22. The summed E-state index contributed by atoms with van der Waals surface area (Å²) >= 11 is 0. The molecule has 0 atom stereocenters. The van der Waals surface area contributed by atoms with Crippen molar-refractivity contribution >= 4 is 12.6 Å². The summed E-state index contributed by atoms with van der Waals surface area (Å²) in [5.41, 5.74) is 1.29. The second kappa shape index (κ2) is 2.97. The normalized spacial score (nSPS) is 18.8.